The monoisotopic (exact) mass is 406 g/mol. The van der Waals surface area contributed by atoms with Crippen LogP contribution in [-0.4, -0.2) is 34.4 Å². The highest BCUT2D eigenvalue weighted by Gasteiger charge is 2.32. The topological polar surface area (TPSA) is 98.0 Å². The maximum absolute atomic E-state index is 12.4. The molecule has 0 radical (unpaired) electrons. The van der Waals surface area contributed by atoms with Crippen LogP contribution >= 0.6 is 0 Å². The molecule has 8 heteroatoms. The van der Waals surface area contributed by atoms with Gasteiger partial charge in [0.15, 0.2) is 11.6 Å². The number of aromatic nitrogens is 3. The fourth-order valence-electron chi connectivity index (χ4n) is 3.17. The molecule has 146 valence electrons. The minimum absolute atomic E-state index is 0.196. The third-order valence-electron chi connectivity index (χ3n) is 4.79. The van der Waals surface area contributed by atoms with E-state index in [4.69, 9.17) is 4.52 Å². The molecule has 0 aliphatic heterocycles. The van der Waals surface area contributed by atoms with Crippen LogP contribution < -0.4 is 5.32 Å². The standard InChI is InChI=1S/C21H18N4O3S/c1-13-14(2)28-25-20(13)24-18-17(21-22-11-6-12-23-21)10-9-16(19(18)29(26)27)15-7-4-3-5-8-15/h3-12,18H,1-2H3,(H,24,25). The Morgan fingerprint density at radius 2 is 1.72 bits per heavy atom. The first-order valence-corrected chi connectivity index (χ1v) is 10.0. The molecule has 0 saturated carbocycles. The average molecular weight is 406 g/mol. The van der Waals surface area contributed by atoms with Crippen molar-refractivity contribution < 1.29 is 12.9 Å². The number of rotatable bonds is 4. The number of nitrogens with zero attached hydrogens (tertiary/aromatic N) is 3. The molecule has 0 spiro atoms. The highest BCUT2D eigenvalue weighted by atomic mass is 32.2. The van der Waals surface area contributed by atoms with Gasteiger partial charge in [-0.05, 0) is 25.5 Å². The van der Waals surface area contributed by atoms with Gasteiger partial charge in [-0.15, -0.1) is 0 Å². The minimum Gasteiger partial charge on any atom is -0.359 e. The molecule has 4 rings (SSSR count). The second kappa shape index (κ2) is 7.84. The summed E-state index contributed by atoms with van der Waals surface area (Å²) in [4.78, 5) is 8.81. The average Bonchev–Trinajstić information content (AvgIpc) is 3.06. The third-order valence-corrected chi connectivity index (χ3v) is 5.61. The lowest BCUT2D eigenvalue weighted by atomic mass is 9.88. The normalized spacial score (nSPS) is 16.2. The van der Waals surface area contributed by atoms with Crippen LogP contribution in [0.2, 0.25) is 0 Å². The smallest absolute Gasteiger partial charge is 0.220 e. The lowest BCUT2D eigenvalue weighted by Crippen LogP contribution is -2.35. The number of nitrogens with one attached hydrogen (secondary N) is 1. The Labute approximate surface area is 169 Å². The zero-order valence-electron chi connectivity index (χ0n) is 15.8. The van der Waals surface area contributed by atoms with E-state index in [0.29, 0.717) is 28.5 Å². The van der Waals surface area contributed by atoms with E-state index >= 15 is 0 Å². The molecule has 1 N–H and O–H groups in total. The molecule has 0 saturated heterocycles. The van der Waals surface area contributed by atoms with Crippen LogP contribution in [0.4, 0.5) is 5.82 Å². The minimum atomic E-state index is -2.50. The van der Waals surface area contributed by atoms with Crippen molar-refractivity contribution in [2.75, 3.05) is 5.32 Å². The Morgan fingerprint density at radius 3 is 2.34 bits per heavy atom. The molecule has 29 heavy (non-hydrogen) atoms. The maximum Gasteiger partial charge on any atom is 0.220 e. The Hall–Kier alpha value is -3.52. The van der Waals surface area contributed by atoms with Gasteiger partial charge in [-0.25, -0.2) is 9.97 Å². The number of allylic oxidation sites excluding steroid dienone is 2. The summed E-state index contributed by atoms with van der Waals surface area (Å²) >= 11 is 0. The van der Waals surface area contributed by atoms with Crippen LogP contribution in [0.5, 0.6) is 0 Å². The summed E-state index contributed by atoms with van der Waals surface area (Å²) < 4.78 is 30.0. The summed E-state index contributed by atoms with van der Waals surface area (Å²) in [6, 6.07) is 10.4. The van der Waals surface area contributed by atoms with Crippen molar-refractivity contribution in [2.45, 2.75) is 19.9 Å². The predicted molar refractivity (Wildman–Crippen MR) is 112 cm³/mol. The lowest BCUT2D eigenvalue weighted by Gasteiger charge is -2.26. The number of hydrogen-bond donors (Lipinski definition) is 1. The Bertz CT molecular complexity index is 1240. The van der Waals surface area contributed by atoms with Crippen LogP contribution in [-0.2, 0) is 10.3 Å². The van der Waals surface area contributed by atoms with Gasteiger partial charge >= 0.3 is 0 Å². The zero-order valence-corrected chi connectivity index (χ0v) is 16.6. The van der Waals surface area contributed by atoms with Crippen molar-refractivity contribution in [3.05, 3.63) is 83.7 Å². The zero-order chi connectivity index (χ0) is 20.4. The van der Waals surface area contributed by atoms with E-state index in [0.717, 1.165) is 11.1 Å². The van der Waals surface area contributed by atoms with E-state index in [1.54, 1.807) is 31.5 Å². The van der Waals surface area contributed by atoms with Crippen LogP contribution in [0, 0.1) is 13.8 Å². The first kappa shape index (κ1) is 18.8. The lowest BCUT2D eigenvalue weighted by molar-refractivity contribution is 0.399. The van der Waals surface area contributed by atoms with E-state index < -0.39 is 16.3 Å². The Morgan fingerprint density at radius 1 is 1.00 bits per heavy atom. The van der Waals surface area contributed by atoms with Crippen molar-refractivity contribution in [3.8, 4) is 0 Å². The summed E-state index contributed by atoms with van der Waals surface area (Å²) in [5.41, 5.74) is 2.85. The Kier molecular flexibility index (Phi) is 5.09. The molecular formula is C21H18N4O3S. The molecule has 3 aromatic rings. The van der Waals surface area contributed by atoms with Gasteiger partial charge in [0.05, 0.1) is 6.04 Å². The molecule has 1 aliphatic carbocycles. The fraction of sp³-hybridized carbons (Fsp3) is 0.143. The summed E-state index contributed by atoms with van der Waals surface area (Å²) in [5.74, 6) is 1.58. The first-order chi connectivity index (χ1) is 14.1. The highest BCUT2D eigenvalue weighted by molar-refractivity contribution is 7.74. The van der Waals surface area contributed by atoms with Gasteiger partial charge in [0.2, 0.25) is 10.3 Å². The molecule has 0 fully saturated rings. The van der Waals surface area contributed by atoms with Crippen molar-refractivity contribution in [3.63, 3.8) is 0 Å². The fourth-order valence-corrected chi connectivity index (χ4v) is 3.92. The molecule has 2 heterocycles. The van der Waals surface area contributed by atoms with Gasteiger partial charge in [-0.2, -0.15) is 8.42 Å². The summed E-state index contributed by atoms with van der Waals surface area (Å²) in [6.45, 7) is 3.66. The van der Waals surface area contributed by atoms with Gasteiger partial charge in [-0.1, -0.05) is 47.6 Å². The number of aryl methyl sites for hydroxylation is 1. The molecule has 1 aliphatic rings. The third kappa shape index (κ3) is 3.62. The van der Waals surface area contributed by atoms with Crippen molar-refractivity contribution in [1.82, 2.24) is 15.1 Å². The van der Waals surface area contributed by atoms with Gasteiger partial charge < -0.3 is 9.84 Å². The number of hydrogen-bond acceptors (Lipinski definition) is 7. The summed E-state index contributed by atoms with van der Waals surface area (Å²) in [7, 11) is -2.50. The van der Waals surface area contributed by atoms with Crippen LogP contribution in [0.1, 0.15) is 22.7 Å². The van der Waals surface area contributed by atoms with Crippen LogP contribution in [0.15, 0.2) is 65.5 Å². The molecule has 0 bridgehead atoms. The van der Waals surface area contributed by atoms with E-state index in [9.17, 15) is 8.42 Å². The summed E-state index contributed by atoms with van der Waals surface area (Å²) in [5, 5.41) is 7.27. The molecule has 1 atom stereocenters. The van der Waals surface area contributed by atoms with Crippen LogP contribution in [0.25, 0.3) is 11.1 Å². The molecule has 2 aromatic heterocycles. The van der Waals surface area contributed by atoms with Gasteiger partial charge in [0, 0.05) is 29.1 Å². The van der Waals surface area contributed by atoms with Gasteiger partial charge in [0.1, 0.15) is 10.6 Å². The SMILES string of the molecule is Cc1onc(NC2C(c3ncccn3)=CC=C(c3ccccc3)C2=S(=O)=O)c1C. The highest BCUT2D eigenvalue weighted by Crippen LogP contribution is 2.31. The quantitative estimate of drug-likeness (QED) is 0.665. The number of anilines is 1. The molecule has 1 unspecified atom stereocenters. The van der Waals surface area contributed by atoms with Gasteiger partial charge in [0.25, 0.3) is 0 Å². The first-order valence-electron chi connectivity index (χ1n) is 8.97. The van der Waals surface area contributed by atoms with Crippen LogP contribution in [0.3, 0.4) is 0 Å². The van der Waals surface area contributed by atoms with E-state index in [-0.39, 0.29) is 4.86 Å². The number of benzene rings is 1. The van der Waals surface area contributed by atoms with E-state index in [1.807, 2.05) is 43.3 Å². The summed E-state index contributed by atoms with van der Waals surface area (Å²) in [6.07, 6.45) is 6.87. The predicted octanol–water partition coefficient (Wildman–Crippen LogP) is 3.09. The Balaban J connectivity index is 1.90. The molecular weight excluding hydrogens is 388 g/mol. The second-order valence-electron chi connectivity index (χ2n) is 6.53. The van der Waals surface area contributed by atoms with Gasteiger partial charge in [-0.3, -0.25) is 0 Å². The van der Waals surface area contributed by atoms with Crippen molar-refractivity contribution in [2.24, 2.45) is 0 Å². The van der Waals surface area contributed by atoms with E-state index in [2.05, 4.69) is 20.4 Å². The molecule has 1 aromatic carbocycles. The van der Waals surface area contributed by atoms with E-state index in [1.165, 1.54) is 0 Å². The largest absolute Gasteiger partial charge is 0.359 e. The van der Waals surface area contributed by atoms with Crippen molar-refractivity contribution >= 4 is 32.1 Å². The maximum atomic E-state index is 12.4. The second-order valence-corrected chi connectivity index (χ2v) is 7.44. The van der Waals surface area contributed by atoms with Crippen molar-refractivity contribution in [1.29, 1.82) is 0 Å². The molecule has 0 amide bonds. The molecule has 7 nitrogen and oxygen atoms in total.